The second-order valence-corrected chi connectivity index (χ2v) is 7.81. The molecule has 2 aromatic heterocycles. The lowest BCUT2D eigenvalue weighted by Crippen LogP contribution is -2.28. The first-order chi connectivity index (χ1) is 15.0. The summed E-state index contributed by atoms with van der Waals surface area (Å²) in [6.45, 7) is 1.87. The lowest BCUT2D eigenvalue weighted by atomic mass is 10.2. The Kier molecular flexibility index (Phi) is 6.19. The number of halogens is 1. The number of rotatable bonds is 7. The highest BCUT2D eigenvalue weighted by Crippen LogP contribution is 2.18. The average molecular weight is 438 g/mol. The van der Waals surface area contributed by atoms with Crippen LogP contribution in [0.1, 0.15) is 11.4 Å². The van der Waals surface area contributed by atoms with Crippen molar-refractivity contribution in [2.75, 3.05) is 5.75 Å². The normalized spacial score (nSPS) is 12.6. The highest BCUT2D eigenvalue weighted by Gasteiger charge is 2.14. The molecule has 0 spiro atoms. The summed E-state index contributed by atoms with van der Waals surface area (Å²) >= 11 is 1.27. The summed E-state index contributed by atoms with van der Waals surface area (Å²) in [7, 11) is 0. The molecule has 1 N–H and O–H groups in total. The lowest BCUT2D eigenvalue weighted by Gasteiger charge is -2.12. The van der Waals surface area contributed by atoms with Crippen molar-refractivity contribution < 1.29 is 9.50 Å². The molecule has 0 radical (unpaired) electrons. The zero-order chi connectivity index (χ0) is 21.8. The van der Waals surface area contributed by atoms with E-state index in [9.17, 15) is 14.3 Å². The molecule has 0 bridgehead atoms. The van der Waals surface area contributed by atoms with Gasteiger partial charge < -0.3 is 5.11 Å². The van der Waals surface area contributed by atoms with Crippen LogP contribution >= 0.6 is 11.8 Å². The van der Waals surface area contributed by atoms with Crippen LogP contribution in [0.15, 0.2) is 69.9 Å². The van der Waals surface area contributed by atoms with Gasteiger partial charge in [-0.3, -0.25) is 9.36 Å². The van der Waals surface area contributed by atoms with Crippen LogP contribution in [-0.4, -0.2) is 47.6 Å². The van der Waals surface area contributed by atoms with Crippen LogP contribution in [0, 0.1) is 12.7 Å². The second kappa shape index (κ2) is 9.19. The topological polar surface area (TPSA) is 98.2 Å². The van der Waals surface area contributed by atoms with Crippen LogP contribution in [0.2, 0.25) is 0 Å². The number of nitrogens with zero attached hydrogens (tertiary/aromatic N) is 6. The third kappa shape index (κ3) is 4.86. The van der Waals surface area contributed by atoms with Gasteiger partial charge in [-0.2, -0.15) is 9.78 Å². The van der Waals surface area contributed by atoms with E-state index in [-0.39, 0.29) is 23.7 Å². The molecule has 0 saturated heterocycles. The van der Waals surface area contributed by atoms with Gasteiger partial charge in [0.05, 0.1) is 36.1 Å². The van der Waals surface area contributed by atoms with Crippen molar-refractivity contribution in [3.05, 3.63) is 82.4 Å². The Balaban J connectivity index is 1.43. The molecule has 0 aliphatic rings. The van der Waals surface area contributed by atoms with Gasteiger partial charge in [0.25, 0.3) is 5.56 Å². The molecule has 0 amide bonds. The fourth-order valence-corrected chi connectivity index (χ4v) is 3.77. The summed E-state index contributed by atoms with van der Waals surface area (Å²) in [5, 5.41) is 23.9. The second-order valence-electron chi connectivity index (χ2n) is 6.82. The molecular weight excluding hydrogens is 419 g/mol. The predicted molar refractivity (Wildman–Crippen MR) is 117 cm³/mol. The first kappa shape index (κ1) is 20.9. The maximum atomic E-state index is 13.0. The molecule has 0 saturated carbocycles. The van der Waals surface area contributed by atoms with E-state index in [1.54, 1.807) is 48.1 Å². The van der Waals surface area contributed by atoms with E-state index in [2.05, 4.69) is 20.3 Å². The highest BCUT2D eigenvalue weighted by molar-refractivity contribution is 7.99. The number of aromatic nitrogens is 5. The summed E-state index contributed by atoms with van der Waals surface area (Å²) in [4.78, 5) is 16.8. The van der Waals surface area contributed by atoms with Gasteiger partial charge in [0.2, 0.25) is 5.16 Å². The molecule has 1 unspecified atom stereocenters. The summed E-state index contributed by atoms with van der Waals surface area (Å²) in [6, 6.07) is 13.0. The van der Waals surface area contributed by atoms with Gasteiger partial charge in [0.15, 0.2) is 5.82 Å². The fourth-order valence-electron chi connectivity index (χ4n) is 2.92. The molecule has 10 heteroatoms. The van der Waals surface area contributed by atoms with Crippen LogP contribution in [-0.2, 0) is 6.54 Å². The van der Waals surface area contributed by atoms with Crippen molar-refractivity contribution in [2.45, 2.75) is 24.7 Å². The molecule has 0 aliphatic heterocycles. The number of benzene rings is 2. The lowest BCUT2D eigenvalue weighted by molar-refractivity contribution is 0.176. The number of aliphatic hydroxyl groups is 1. The minimum Gasteiger partial charge on any atom is -0.390 e. The van der Waals surface area contributed by atoms with Crippen molar-refractivity contribution in [1.82, 2.24) is 24.4 Å². The van der Waals surface area contributed by atoms with E-state index >= 15 is 0 Å². The van der Waals surface area contributed by atoms with Crippen molar-refractivity contribution in [2.24, 2.45) is 5.10 Å². The van der Waals surface area contributed by atoms with E-state index < -0.39 is 6.10 Å². The summed E-state index contributed by atoms with van der Waals surface area (Å²) in [5.74, 6) is 0.539. The van der Waals surface area contributed by atoms with Crippen LogP contribution in [0.4, 0.5) is 4.39 Å². The van der Waals surface area contributed by atoms with E-state index in [1.807, 2.05) is 6.07 Å². The van der Waals surface area contributed by atoms with Crippen molar-refractivity contribution in [3.8, 4) is 0 Å². The zero-order valence-corrected chi connectivity index (χ0v) is 17.4. The van der Waals surface area contributed by atoms with Crippen molar-refractivity contribution in [3.63, 3.8) is 0 Å². The first-order valence-electron chi connectivity index (χ1n) is 9.48. The number of hydrogen-bond acceptors (Lipinski definition) is 7. The molecular formula is C21H19FN6O2S. The maximum absolute atomic E-state index is 13.0. The van der Waals surface area contributed by atoms with Crippen LogP contribution in [0.5, 0.6) is 0 Å². The fraction of sp³-hybridized carbons (Fsp3) is 0.190. The summed E-state index contributed by atoms with van der Waals surface area (Å²) in [5.41, 5.74) is 1.15. The summed E-state index contributed by atoms with van der Waals surface area (Å²) < 4.78 is 16.0. The quantitative estimate of drug-likeness (QED) is 0.352. The van der Waals surface area contributed by atoms with Gasteiger partial charge in [0.1, 0.15) is 5.82 Å². The molecule has 1 atom stereocenters. The maximum Gasteiger partial charge on any atom is 0.261 e. The van der Waals surface area contributed by atoms with Gasteiger partial charge in [-0.1, -0.05) is 36.0 Å². The Labute approximate surface area is 181 Å². The molecule has 8 nitrogen and oxygen atoms in total. The smallest absolute Gasteiger partial charge is 0.261 e. The van der Waals surface area contributed by atoms with E-state index in [0.717, 1.165) is 5.56 Å². The molecule has 158 valence electrons. The minimum absolute atomic E-state index is 0.107. The number of para-hydroxylation sites is 1. The Bertz CT molecular complexity index is 1290. The van der Waals surface area contributed by atoms with Gasteiger partial charge in [0, 0.05) is 5.75 Å². The summed E-state index contributed by atoms with van der Waals surface area (Å²) in [6.07, 6.45) is 2.21. The Morgan fingerprint density at radius 2 is 1.97 bits per heavy atom. The van der Waals surface area contributed by atoms with Crippen LogP contribution in [0.3, 0.4) is 0 Å². The minimum atomic E-state index is -0.808. The van der Waals surface area contributed by atoms with Crippen LogP contribution in [0.25, 0.3) is 10.9 Å². The third-order valence-electron chi connectivity index (χ3n) is 4.50. The van der Waals surface area contributed by atoms with Gasteiger partial charge >= 0.3 is 0 Å². The van der Waals surface area contributed by atoms with Crippen molar-refractivity contribution in [1.29, 1.82) is 0 Å². The largest absolute Gasteiger partial charge is 0.390 e. The zero-order valence-electron chi connectivity index (χ0n) is 16.6. The third-order valence-corrected chi connectivity index (χ3v) is 5.57. The molecule has 0 fully saturated rings. The monoisotopic (exact) mass is 438 g/mol. The van der Waals surface area contributed by atoms with Gasteiger partial charge in [-0.25, -0.2) is 9.37 Å². The van der Waals surface area contributed by atoms with E-state index in [4.69, 9.17) is 0 Å². The van der Waals surface area contributed by atoms with Crippen molar-refractivity contribution >= 4 is 28.9 Å². The molecule has 4 aromatic rings. The molecule has 4 rings (SSSR count). The first-order valence-corrected chi connectivity index (χ1v) is 10.5. The van der Waals surface area contributed by atoms with Gasteiger partial charge in [-0.15, -0.1) is 10.2 Å². The molecule has 2 aromatic carbocycles. The standard InChI is InChI=1S/C21H19FN6O2S/c1-14-25-26-21(28(14)24-10-15-6-8-16(22)9-7-15)31-12-17(29)11-27-13-23-19-5-3-2-4-18(19)20(27)30/h2-10,13,17,29H,11-12H2,1H3. The van der Waals surface area contributed by atoms with E-state index in [1.165, 1.54) is 34.8 Å². The highest BCUT2D eigenvalue weighted by atomic mass is 32.2. The molecule has 2 heterocycles. The number of thioether (sulfide) groups is 1. The Hall–Kier alpha value is -3.37. The van der Waals surface area contributed by atoms with Crippen LogP contribution < -0.4 is 5.56 Å². The number of fused-ring (bicyclic) bond motifs is 1. The number of hydrogen-bond donors (Lipinski definition) is 1. The van der Waals surface area contributed by atoms with E-state index in [0.29, 0.717) is 21.9 Å². The predicted octanol–water partition coefficient (Wildman–Crippen LogP) is 2.47. The van der Waals surface area contributed by atoms with Gasteiger partial charge in [-0.05, 0) is 36.8 Å². The number of aliphatic hydroxyl groups excluding tert-OH is 1. The SMILES string of the molecule is Cc1nnc(SCC(O)Cn2cnc3ccccc3c2=O)n1N=Cc1ccc(F)cc1. The molecule has 0 aliphatic carbocycles. The number of aryl methyl sites for hydroxylation is 1. The Morgan fingerprint density at radius 3 is 2.77 bits per heavy atom. The Morgan fingerprint density at radius 1 is 1.19 bits per heavy atom. The average Bonchev–Trinajstić information content (AvgIpc) is 3.13. The molecule has 31 heavy (non-hydrogen) atoms.